The third-order valence-corrected chi connectivity index (χ3v) is 11.6. The van der Waals surface area contributed by atoms with E-state index in [1.807, 2.05) is 11.3 Å². The van der Waals surface area contributed by atoms with E-state index >= 15 is 0 Å². The zero-order valence-corrected chi connectivity index (χ0v) is 30.4. The predicted octanol–water partition coefficient (Wildman–Crippen LogP) is 15.3. The molecule has 1 heterocycles. The molecule has 0 amide bonds. The second-order valence-electron chi connectivity index (χ2n) is 13.8. The summed E-state index contributed by atoms with van der Waals surface area (Å²) in [5.74, 6) is 0. The first-order chi connectivity index (χ1) is 26.7. The average Bonchev–Trinajstić information content (AvgIpc) is 3.69. The Bertz CT molecular complexity index is 2750. The molecule has 1 aromatic heterocycles. The maximum absolute atomic E-state index is 2.35. The van der Waals surface area contributed by atoms with Gasteiger partial charge in [0.15, 0.2) is 0 Å². The van der Waals surface area contributed by atoms with Crippen LogP contribution in [0.15, 0.2) is 212 Å². The van der Waals surface area contributed by atoms with Crippen molar-refractivity contribution in [3.63, 3.8) is 0 Å². The van der Waals surface area contributed by atoms with Crippen molar-refractivity contribution in [2.24, 2.45) is 0 Å². The van der Waals surface area contributed by atoms with Crippen molar-refractivity contribution in [2.75, 3.05) is 4.90 Å². The lowest BCUT2D eigenvalue weighted by Crippen LogP contribution is -2.09. The van der Waals surface area contributed by atoms with Crippen molar-refractivity contribution < 1.29 is 0 Å². The van der Waals surface area contributed by atoms with E-state index in [4.69, 9.17) is 0 Å². The maximum atomic E-state index is 2.35. The lowest BCUT2D eigenvalue weighted by atomic mass is 10.00. The van der Waals surface area contributed by atoms with Crippen LogP contribution in [0.2, 0.25) is 0 Å². The summed E-state index contributed by atoms with van der Waals surface area (Å²) in [4.78, 5) is 3.65. The maximum Gasteiger partial charge on any atom is 0.0462 e. The number of nitrogens with zero attached hydrogens (tertiary/aromatic N) is 1. The fourth-order valence-corrected chi connectivity index (χ4v) is 8.61. The molecule has 0 bridgehead atoms. The van der Waals surface area contributed by atoms with E-state index in [0.29, 0.717) is 0 Å². The third-order valence-electron chi connectivity index (χ3n) is 10.5. The average molecular weight is 706 g/mol. The highest BCUT2D eigenvalue weighted by Gasteiger charge is 2.14. The van der Waals surface area contributed by atoms with E-state index in [2.05, 4.69) is 217 Å². The molecule has 9 aromatic carbocycles. The first-order valence-electron chi connectivity index (χ1n) is 18.4. The Hall–Kier alpha value is -6.74. The molecule has 0 spiro atoms. The number of hydrogen-bond donors (Lipinski definition) is 0. The van der Waals surface area contributed by atoms with Gasteiger partial charge in [0.05, 0.1) is 0 Å². The quantitative estimate of drug-likeness (QED) is 0.160. The molecule has 0 radical (unpaired) electrons. The lowest BCUT2D eigenvalue weighted by Gasteiger charge is -2.26. The zero-order chi connectivity index (χ0) is 35.8. The van der Waals surface area contributed by atoms with Crippen LogP contribution in [0.25, 0.3) is 75.5 Å². The van der Waals surface area contributed by atoms with E-state index in [1.54, 1.807) is 0 Å². The number of fused-ring (bicyclic) bond motifs is 3. The molecule has 1 nitrogen and oxygen atoms in total. The molecule has 10 rings (SSSR count). The Morgan fingerprint density at radius 2 is 0.611 bits per heavy atom. The molecular weight excluding hydrogens is 671 g/mol. The van der Waals surface area contributed by atoms with Crippen molar-refractivity contribution >= 4 is 60.0 Å². The molecule has 0 aliphatic rings. The van der Waals surface area contributed by atoms with Gasteiger partial charge in [-0.15, -0.1) is 11.3 Å². The topological polar surface area (TPSA) is 3.24 Å². The van der Waals surface area contributed by atoms with Crippen molar-refractivity contribution in [1.29, 1.82) is 0 Å². The standard InChI is InChI=1S/C52H35NS/c1-3-9-43-33-45(19-15-36(43)7-1)40-23-29-49(30-24-40)53(50-31-25-41(26-32-50)46-20-16-37-8-2-4-10-44(37)34-46)48-27-21-39(22-28-48)38-13-17-42(18-14-38)52-35-47-11-5-6-12-51(47)54-52/h1-35H. The summed E-state index contributed by atoms with van der Waals surface area (Å²) in [6.07, 6.45) is 0. The minimum atomic E-state index is 1.11. The van der Waals surface area contributed by atoms with Gasteiger partial charge in [0.1, 0.15) is 0 Å². The van der Waals surface area contributed by atoms with Crippen molar-refractivity contribution in [3.05, 3.63) is 212 Å². The molecule has 0 aliphatic carbocycles. The predicted molar refractivity (Wildman–Crippen MR) is 233 cm³/mol. The van der Waals surface area contributed by atoms with Gasteiger partial charge < -0.3 is 4.90 Å². The van der Waals surface area contributed by atoms with E-state index < -0.39 is 0 Å². The molecule has 0 N–H and O–H groups in total. The minimum Gasteiger partial charge on any atom is -0.311 e. The molecule has 0 saturated carbocycles. The molecular formula is C52H35NS. The van der Waals surface area contributed by atoms with Crippen molar-refractivity contribution in [3.8, 4) is 43.8 Å². The molecule has 2 heteroatoms. The fraction of sp³-hybridized carbons (Fsp3) is 0. The molecule has 54 heavy (non-hydrogen) atoms. The van der Waals surface area contributed by atoms with Gasteiger partial charge in [0.2, 0.25) is 0 Å². The van der Waals surface area contributed by atoms with Crippen LogP contribution in [-0.2, 0) is 0 Å². The first kappa shape index (κ1) is 32.0. The van der Waals surface area contributed by atoms with Crippen LogP contribution in [0.1, 0.15) is 0 Å². The Morgan fingerprint density at radius 3 is 1.07 bits per heavy atom. The summed E-state index contributed by atoms with van der Waals surface area (Å²) in [7, 11) is 0. The summed E-state index contributed by atoms with van der Waals surface area (Å²) < 4.78 is 1.32. The molecule has 0 aliphatic heterocycles. The number of hydrogen-bond acceptors (Lipinski definition) is 2. The normalized spacial score (nSPS) is 11.3. The lowest BCUT2D eigenvalue weighted by molar-refractivity contribution is 1.28. The summed E-state index contributed by atoms with van der Waals surface area (Å²) in [5.41, 5.74) is 11.8. The molecule has 0 atom stereocenters. The summed E-state index contributed by atoms with van der Waals surface area (Å²) >= 11 is 1.85. The number of rotatable bonds is 7. The van der Waals surface area contributed by atoms with Crippen LogP contribution < -0.4 is 4.90 Å². The number of anilines is 3. The van der Waals surface area contributed by atoms with Gasteiger partial charge in [-0.1, -0.05) is 152 Å². The molecule has 0 saturated heterocycles. The summed E-state index contributed by atoms with van der Waals surface area (Å²) in [6, 6.07) is 77.2. The van der Waals surface area contributed by atoms with Crippen LogP contribution in [0, 0.1) is 0 Å². The summed E-state index contributed by atoms with van der Waals surface area (Å²) in [5, 5.41) is 6.32. The van der Waals surface area contributed by atoms with E-state index in [1.165, 1.54) is 75.5 Å². The smallest absolute Gasteiger partial charge is 0.0462 e. The third kappa shape index (κ3) is 6.13. The first-order valence-corrected chi connectivity index (χ1v) is 19.2. The number of thiophene rings is 1. The van der Waals surface area contributed by atoms with E-state index in [9.17, 15) is 0 Å². The Labute approximate surface area is 319 Å². The fourth-order valence-electron chi connectivity index (χ4n) is 7.54. The number of benzene rings is 9. The van der Waals surface area contributed by atoms with Crippen molar-refractivity contribution in [1.82, 2.24) is 0 Å². The zero-order valence-electron chi connectivity index (χ0n) is 29.6. The highest BCUT2D eigenvalue weighted by atomic mass is 32.1. The monoisotopic (exact) mass is 705 g/mol. The summed E-state index contributed by atoms with van der Waals surface area (Å²) in [6.45, 7) is 0. The van der Waals surface area contributed by atoms with Crippen molar-refractivity contribution in [2.45, 2.75) is 0 Å². The van der Waals surface area contributed by atoms with Crippen LogP contribution in [0.5, 0.6) is 0 Å². The van der Waals surface area contributed by atoms with Gasteiger partial charge in [-0.3, -0.25) is 0 Å². The highest BCUT2D eigenvalue weighted by Crippen LogP contribution is 2.39. The van der Waals surface area contributed by atoms with E-state index in [0.717, 1.165) is 17.1 Å². The molecule has 254 valence electrons. The SMILES string of the molecule is c1ccc2cc(-c3ccc(N(c4ccc(-c5ccc(-c6cc7ccccc7s6)cc5)cc4)c4ccc(-c5ccc6ccccc6c5)cc4)cc3)ccc2c1. The Balaban J connectivity index is 0.980. The van der Waals surface area contributed by atoms with Crippen LogP contribution in [-0.4, -0.2) is 0 Å². The van der Waals surface area contributed by atoms with Gasteiger partial charge >= 0.3 is 0 Å². The molecule has 0 fully saturated rings. The van der Waals surface area contributed by atoms with Gasteiger partial charge in [-0.2, -0.15) is 0 Å². The van der Waals surface area contributed by atoms with Gasteiger partial charge in [0.25, 0.3) is 0 Å². The van der Waals surface area contributed by atoms with Crippen LogP contribution >= 0.6 is 11.3 Å². The molecule has 10 aromatic rings. The second kappa shape index (κ2) is 13.7. The Kier molecular flexibility index (Phi) is 8.09. The van der Waals surface area contributed by atoms with Gasteiger partial charge in [-0.05, 0) is 127 Å². The van der Waals surface area contributed by atoms with Crippen LogP contribution in [0.4, 0.5) is 17.1 Å². The van der Waals surface area contributed by atoms with Gasteiger partial charge in [-0.25, -0.2) is 0 Å². The molecule has 0 unspecified atom stereocenters. The minimum absolute atomic E-state index is 1.11. The van der Waals surface area contributed by atoms with Gasteiger partial charge in [0, 0.05) is 26.6 Å². The van der Waals surface area contributed by atoms with E-state index in [-0.39, 0.29) is 0 Å². The largest absolute Gasteiger partial charge is 0.311 e. The highest BCUT2D eigenvalue weighted by molar-refractivity contribution is 7.22. The second-order valence-corrected chi connectivity index (χ2v) is 14.9. The Morgan fingerprint density at radius 1 is 0.259 bits per heavy atom. The van der Waals surface area contributed by atoms with Crippen LogP contribution in [0.3, 0.4) is 0 Å².